The van der Waals surface area contributed by atoms with Crippen LogP contribution in [0.1, 0.15) is 433 Å². The molecule has 0 aromatic carbocycles. The maximum absolute atomic E-state index is 13.1. The number of phosphoric ester groups is 2. The van der Waals surface area contributed by atoms with E-state index in [9.17, 15) is 43.2 Å². The highest BCUT2D eigenvalue weighted by molar-refractivity contribution is 7.47. The van der Waals surface area contributed by atoms with Crippen molar-refractivity contribution >= 4 is 39.5 Å². The number of aliphatic hydroxyl groups excluding tert-OH is 1. The molecular formula is C81H158O17P2. The summed E-state index contributed by atoms with van der Waals surface area (Å²) < 4.78 is 68.6. The standard InChI is InChI=1S/C81H158O17P2/c1-6-9-12-15-18-21-23-25-26-27-28-29-30-31-34-38-42-47-52-57-62-67-81(86)98-77(71-92-79(84)65-60-55-50-45-41-37-35-32-33-36-39-44-48-53-58-63-74(4)5)73-96-100(89,90)94-69-75(82)68-93-99(87,88)95-72-76(70-91-78(83)64-59-54-49-43-20-17-14-11-8-3)97-80(85)66-61-56-51-46-40-24-22-19-16-13-10-7-2/h74-77,82H,6-73H2,1-5H3,(H,87,88)(H,89,90)/t75-,76+,77+/m0/s1. The predicted molar refractivity (Wildman–Crippen MR) is 409 cm³/mol. The van der Waals surface area contributed by atoms with E-state index in [1.54, 1.807) is 0 Å². The van der Waals surface area contributed by atoms with Gasteiger partial charge in [0.1, 0.15) is 19.3 Å². The first-order valence-electron chi connectivity index (χ1n) is 42.1. The number of carbonyl (C=O) groups excluding carboxylic acids is 4. The average Bonchev–Trinajstić information content (AvgIpc) is 0.925. The van der Waals surface area contributed by atoms with Crippen molar-refractivity contribution in [2.45, 2.75) is 451 Å². The lowest BCUT2D eigenvalue weighted by atomic mass is 10.0. The lowest BCUT2D eigenvalue weighted by Gasteiger charge is -2.21. The Morgan fingerprint density at radius 3 is 0.680 bits per heavy atom. The first-order chi connectivity index (χ1) is 48.5. The second-order valence-corrected chi connectivity index (χ2v) is 32.5. The molecule has 0 heterocycles. The van der Waals surface area contributed by atoms with Gasteiger partial charge in [0.15, 0.2) is 12.2 Å². The molecule has 0 spiro atoms. The molecule has 0 fully saturated rings. The fourth-order valence-electron chi connectivity index (χ4n) is 12.6. The third-order valence-corrected chi connectivity index (χ3v) is 20.9. The van der Waals surface area contributed by atoms with Crippen LogP contribution < -0.4 is 0 Å². The molecule has 5 atom stereocenters. The molecule has 0 radical (unpaired) electrons. The van der Waals surface area contributed by atoms with Gasteiger partial charge in [-0.3, -0.25) is 37.3 Å². The molecule has 0 saturated heterocycles. The summed E-state index contributed by atoms with van der Waals surface area (Å²) in [6, 6.07) is 0. The number of carbonyl (C=O) groups is 4. The highest BCUT2D eigenvalue weighted by Crippen LogP contribution is 2.45. The van der Waals surface area contributed by atoms with Crippen molar-refractivity contribution in [3.8, 4) is 0 Å². The topological polar surface area (TPSA) is 237 Å². The molecule has 0 aliphatic rings. The minimum Gasteiger partial charge on any atom is -0.462 e. The van der Waals surface area contributed by atoms with Gasteiger partial charge in [0.05, 0.1) is 26.4 Å². The minimum atomic E-state index is -4.96. The molecule has 0 bridgehead atoms. The van der Waals surface area contributed by atoms with Gasteiger partial charge in [-0.1, -0.05) is 381 Å². The number of hydrogen-bond acceptors (Lipinski definition) is 15. The van der Waals surface area contributed by atoms with Crippen molar-refractivity contribution in [1.82, 2.24) is 0 Å². The second kappa shape index (κ2) is 73.9. The molecule has 0 saturated carbocycles. The van der Waals surface area contributed by atoms with E-state index >= 15 is 0 Å². The molecule has 0 aromatic rings. The van der Waals surface area contributed by atoms with Gasteiger partial charge < -0.3 is 33.8 Å². The molecule has 2 unspecified atom stereocenters. The van der Waals surface area contributed by atoms with E-state index in [4.69, 9.17) is 37.0 Å². The number of unbranched alkanes of at least 4 members (excludes halogenated alkanes) is 53. The van der Waals surface area contributed by atoms with Crippen molar-refractivity contribution in [3.05, 3.63) is 0 Å². The summed E-state index contributed by atoms with van der Waals surface area (Å²) in [5.74, 6) is -1.30. The maximum atomic E-state index is 13.1. The van der Waals surface area contributed by atoms with E-state index in [-0.39, 0.29) is 25.7 Å². The summed E-state index contributed by atoms with van der Waals surface area (Å²) >= 11 is 0. The Kier molecular flexibility index (Phi) is 72.5. The number of esters is 4. The molecular weight excluding hydrogens is 1310 g/mol. The van der Waals surface area contributed by atoms with Gasteiger partial charge in [0.25, 0.3) is 0 Å². The van der Waals surface area contributed by atoms with Crippen LogP contribution >= 0.6 is 15.6 Å². The quantitative estimate of drug-likeness (QED) is 0.0222. The molecule has 594 valence electrons. The van der Waals surface area contributed by atoms with Crippen LogP contribution in [0, 0.1) is 5.92 Å². The summed E-state index contributed by atoms with van der Waals surface area (Å²) in [4.78, 5) is 72.9. The average molecular weight is 1470 g/mol. The van der Waals surface area contributed by atoms with E-state index in [0.717, 1.165) is 95.8 Å². The maximum Gasteiger partial charge on any atom is 0.472 e. The van der Waals surface area contributed by atoms with E-state index in [1.165, 1.54) is 257 Å². The summed E-state index contributed by atoms with van der Waals surface area (Å²) in [5.41, 5.74) is 0. The van der Waals surface area contributed by atoms with Gasteiger partial charge in [0.2, 0.25) is 0 Å². The van der Waals surface area contributed by atoms with Crippen LogP contribution in [0.15, 0.2) is 0 Å². The van der Waals surface area contributed by atoms with Gasteiger partial charge >= 0.3 is 39.5 Å². The fraction of sp³-hybridized carbons (Fsp3) is 0.951. The van der Waals surface area contributed by atoms with Gasteiger partial charge in [0, 0.05) is 25.7 Å². The van der Waals surface area contributed by atoms with Crippen molar-refractivity contribution in [2.75, 3.05) is 39.6 Å². The van der Waals surface area contributed by atoms with Crippen LogP contribution in [-0.2, 0) is 65.4 Å². The molecule has 0 rings (SSSR count). The van der Waals surface area contributed by atoms with E-state index < -0.39 is 97.5 Å². The SMILES string of the molecule is CCCCCCCCCCCCCCCCCCCCCCCC(=O)O[C@H](COC(=O)CCCCCCCCCCCCCCCCCC(C)C)COP(=O)(O)OC[C@@H](O)COP(=O)(O)OC[C@@H](COC(=O)CCCCCCCCCCC)OC(=O)CCCCCCCCCCCCCC. The van der Waals surface area contributed by atoms with Crippen LogP contribution in [0.5, 0.6) is 0 Å². The Labute approximate surface area is 613 Å². The minimum absolute atomic E-state index is 0.108. The lowest BCUT2D eigenvalue weighted by Crippen LogP contribution is -2.30. The lowest BCUT2D eigenvalue weighted by molar-refractivity contribution is -0.161. The van der Waals surface area contributed by atoms with Crippen molar-refractivity contribution < 1.29 is 80.2 Å². The molecule has 17 nitrogen and oxygen atoms in total. The van der Waals surface area contributed by atoms with Gasteiger partial charge in [-0.15, -0.1) is 0 Å². The Balaban J connectivity index is 5.19. The zero-order chi connectivity index (χ0) is 73.4. The highest BCUT2D eigenvalue weighted by atomic mass is 31.2. The normalized spacial score (nSPS) is 13.8. The van der Waals surface area contributed by atoms with Gasteiger partial charge in [-0.05, 0) is 31.6 Å². The molecule has 0 aliphatic heterocycles. The fourth-order valence-corrected chi connectivity index (χ4v) is 14.2. The Hall–Kier alpha value is -1.94. The second-order valence-electron chi connectivity index (χ2n) is 29.6. The Bertz CT molecular complexity index is 1910. The number of aliphatic hydroxyl groups is 1. The van der Waals surface area contributed by atoms with Gasteiger partial charge in [-0.2, -0.15) is 0 Å². The zero-order valence-corrected chi connectivity index (χ0v) is 67.1. The van der Waals surface area contributed by atoms with E-state index in [2.05, 4.69) is 34.6 Å². The molecule has 3 N–H and O–H groups in total. The highest BCUT2D eigenvalue weighted by Gasteiger charge is 2.30. The number of ether oxygens (including phenoxy) is 4. The summed E-state index contributed by atoms with van der Waals surface area (Å²) in [7, 11) is -9.91. The van der Waals surface area contributed by atoms with Crippen LogP contribution in [0.25, 0.3) is 0 Å². The largest absolute Gasteiger partial charge is 0.472 e. The van der Waals surface area contributed by atoms with Crippen LogP contribution in [-0.4, -0.2) is 96.7 Å². The number of hydrogen-bond donors (Lipinski definition) is 3. The summed E-state index contributed by atoms with van der Waals surface area (Å²) in [6.45, 7) is 7.34. The monoisotopic (exact) mass is 1470 g/mol. The van der Waals surface area contributed by atoms with Crippen molar-refractivity contribution in [3.63, 3.8) is 0 Å². The van der Waals surface area contributed by atoms with Crippen LogP contribution in [0.4, 0.5) is 0 Å². The van der Waals surface area contributed by atoms with Crippen LogP contribution in [0.2, 0.25) is 0 Å². The molecule has 0 aliphatic carbocycles. The zero-order valence-electron chi connectivity index (χ0n) is 65.3. The molecule has 19 heteroatoms. The van der Waals surface area contributed by atoms with E-state index in [1.807, 2.05) is 0 Å². The Morgan fingerprint density at radius 1 is 0.270 bits per heavy atom. The molecule has 0 aromatic heterocycles. The molecule has 100 heavy (non-hydrogen) atoms. The third-order valence-electron chi connectivity index (χ3n) is 19.0. The molecule has 0 amide bonds. The third kappa shape index (κ3) is 74.3. The number of phosphoric acid groups is 2. The first-order valence-corrected chi connectivity index (χ1v) is 45.1. The Morgan fingerprint density at radius 2 is 0.460 bits per heavy atom. The first kappa shape index (κ1) is 98.1. The number of rotatable bonds is 81. The summed E-state index contributed by atoms with van der Waals surface area (Å²) in [5, 5.41) is 10.6. The van der Waals surface area contributed by atoms with Crippen LogP contribution in [0.3, 0.4) is 0 Å². The predicted octanol–water partition coefficient (Wildman–Crippen LogP) is 24.4. The summed E-state index contributed by atoms with van der Waals surface area (Å²) in [6.07, 6.45) is 65.3. The van der Waals surface area contributed by atoms with Crippen molar-refractivity contribution in [1.29, 1.82) is 0 Å². The smallest absolute Gasteiger partial charge is 0.462 e. The van der Waals surface area contributed by atoms with Crippen molar-refractivity contribution in [2.24, 2.45) is 5.92 Å². The van der Waals surface area contributed by atoms with Gasteiger partial charge in [-0.25, -0.2) is 9.13 Å². The van der Waals surface area contributed by atoms with E-state index in [0.29, 0.717) is 25.7 Å².